The second-order valence-corrected chi connectivity index (χ2v) is 3.51. The van der Waals surface area contributed by atoms with E-state index >= 15 is 0 Å². The summed E-state index contributed by atoms with van der Waals surface area (Å²) >= 11 is 0. The first-order valence-corrected chi connectivity index (χ1v) is 4.91. The molecule has 0 atom stereocenters. The van der Waals surface area contributed by atoms with Crippen molar-refractivity contribution in [3.05, 3.63) is 34.4 Å². The van der Waals surface area contributed by atoms with Crippen molar-refractivity contribution in [2.75, 3.05) is 4.90 Å². The number of benzene rings is 1. The third-order valence-corrected chi connectivity index (χ3v) is 2.33. The van der Waals surface area contributed by atoms with Crippen molar-refractivity contribution >= 4 is 29.2 Å². The highest BCUT2D eigenvalue weighted by Gasteiger charge is 2.35. The van der Waals surface area contributed by atoms with Crippen LogP contribution in [-0.2, 0) is 9.59 Å². The molecule has 8 nitrogen and oxygen atoms in total. The number of nitrogens with one attached hydrogen (secondary N) is 1. The Morgan fingerprint density at radius 1 is 1.22 bits per heavy atom. The largest absolute Gasteiger partial charge is 0.335 e. The topological polar surface area (TPSA) is 110 Å². The van der Waals surface area contributed by atoms with Gasteiger partial charge in [-0.3, -0.25) is 25.0 Å². The first kappa shape index (κ1) is 11.7. The zero-order valence-corrected chi connectivity index (χ0v) is 8.95. The third kappa shape index (κ3) is 1.90. The number of hydrogen-bond donors (Lipinski definition) is 1. The van der Waals surface area contributed by atoms with Gasteiger partial charge in [-0.2, -0.15) is 0 Å². The minimum Gasteiger partial charge on any atom is -0.277 e. The van der Waals surface area contributed by atoms with Crippen molar-refractivity contribution in [1.29, 1.82) is 0 Å². The predicted molar refractivity (Wildman–Crippen MR) is 58.7 cm³/mol. The molecule has 0 saturated carbocycles. The average molecular weight is 249 g/mol. The number of nitrogens with zero attached hydrogens (tertiary/aromatic N) is 2. The van der Waals surface area contributed by atoms with Crippen LogP contribution in [0.1, 0.15) is 6.42 Å². The van der Waals surface area contributed by atoms with Gasteiger partial charge in [-0.15, -0.1) is 0 Å². The number of nitro groups is 1. The van der Waals surface area contributed by atoms with Gasteiger partial charge in [0.15, 0.2) is 0 Å². The van der Waals surface area contributed by atoms with Crippen LogP contribution in [0.4, 0.5) is 16.2 Å². The Bertz CT molecular complexity index is 548. The predicted octanol–water partition coefficient (Wildman–Crippen LogP) is 0.568. The number of para-hydroxylation sites is 2. The summed E-state index contributed by atoms with van der Waals surface area (Å²) in [4.78, 5) is 44.8. The molecule has 0 radical (unpaired) electrons. The van der Waals surface area contributed by atoms with Gasteiger partial charge >= 0.3 is 6.03 Å². The lowest BCUT2D eigenvalue weighted by Gasteiger charge is -2.24. The molecule has 8 heteroatoms. The Balaban J connectivity index is 2.48. The monoisotopic (exact) mass is 249 g/mol. The number of rotatable bonds is 2. The summed E-state index contributed by atoms with van der Waals surface area (Å²) in [6, 6.07) is 4.33. The van der Waals surface area contributed by atoms with Crippen LogP contribution in [0, 0.1) is 10.1 Å². The smallest absolute Gasteiger partial charge is 0.277 e. The zero-order valence-electron chi connectivity index (χ0n) is 8.95. The third-order valence-electron chi connectivity index (χ3n) is 2.33. The van der Waals surface area contributed by atoms with Crippen molar-refractivity contribution in [3.63, 3.8) is 0 Å². The van der Waals surface area contributed by atoms with Crippen molar-refractivity contribution in [3.8, 4) is 0 Å². The summed E-state index contributed by atoms with van der Waals surface area (Å²) in [5.41, 5.74) is -0.534. The minimum absolute atomic E-state index is 0.155. The van der Waals surface area contributed by atoms with Gasteiger partial charge in [0.1, 0.15) is 12.1 Å². The van der Waals surface area contributed by atoms with E-state index < -0.39 is 29.2 Å². The summed E-state index contributed by atoms with van der Waals surface area (Å²) in [5, 5.41) is 12.7. The second kappa shape index (κ2) is 4.24. The molecule has 2 rings (SSSR count). The summed E-state index contributed by atoms with van der Waals surface area (Å²) in [6.45, 7) is 0. The first-order valence-electron chi connectivity index (χ1n) is 4.91. The molecule has 1 saturated heterocycles. The lowest BCUT2D eigenvalue weighted by Crippen LogP contribution is -2.53. The normalized spacial score (nSPS) is 15.6. The van der Waals surface area contributed by atoms with Crippen molar-refractivity contribution in [1.82, 2.24) is 5.32 Å². The number of nitro benzene ring substituents is 1. The van der Waals surface area contributed by atoms with Gasteiger partial charge in [-0.05, 0) is 6.07 Å². The molecule has 0 bridgehead atoms. The minimum atomic E-state index is -0.981. The van der Waals surface area contributed by atoms with E-state index in [2.05, 4.69) is 0 Å². The number of carbonyl (C=O) groups is 3. The fourth-order valence-corrected chi connectivity index (χ4v) is 1.60. The van der Waals surface area contributed by atoms with Crippen LogP contribution in [0.5, 0.6) is 0 Å². The molecular formula is C10H7N3O5. The van der Waals surface area contributed by atoms with Crippen LogP contribution in [0.2, 0.25) is 0 Å². The van der Waals surface area contributed by atoms with E-state index in [1.165, 1.54) is 24.3 Å². The number of amides is 4. The van der Waals surface area contributed by atoms with Crippen LogP contribution in [-0.4, -0.2) is 22.8 Å². The maximum atomic E-state index is 11.6. The second-order valence-electron chi connectivity index (χ2n) is 3.51. The van der Waals surface area contributed by atoms with E-state index in [1.807, 2.05) is 5.32 Å². The molecular weight excluding hydrogens is 242 g/mol. The number of carbonyl (C=O) groups excluding carboxylic acids is 3. The standard InChI is InChI=1S/C10H7N3O5/c14-8-5-9(15)12(10(16)11-8)6-3-1-2-4-7(6)13(17)18/h1-4H,5H2,(H,11,14,16). The van der Waals surface area contributed by atoms with Crippen LogP contribution in [0.15, 0.2) is 24.3 Å². The number of barbiturate groups is 1. The van der Waals surface area contributed by atoms with E-state index in [0.717, 1.165) is 0 Å². The van der Waals surface area contributed by atoms with Crippen molar-refractivity contribution in [2.45, 2.75) is 6.42 Å². The molecule has 18 heavy (non-hydrogen) atoms. The van der Waals surface area contributed by atoms with Gasteiger partial charge < -0.3 is 0 Å². The van der Waals surface area contributed by atoms with E-state index in [4.69, 9.17) is 0 Å². The van der Waals surface area contributed by atoms with Crippen LogP contribution < -0.4 is 10.2 Å². The average Bonchev–Trinajstić information content (AvgIpc) is 2.28. The first-order chi connectivity index (χ1) is 8.50. The van der Waals surface area contributed by atoms with Crippen molar-refractivity contribution < 1.29 is 19.3 Å². The van der Waals surface area contributed by atoms with E-state index in [0.29, 0.717) is 4.90 Å². The van der Waals surface area contributed by atoms with Crippen LogP contribution in [0.25, 0.3) is 0 Å². The number of hydrogen-bond acceptors (Lipinski definition) is 5. The van der Waals surface area contributed by atoms with Gasteiger partial charge in [0.05, 0.1) is 4.92 Å². The zero-order chi connectivity index (χ0) is 13.3. The molecule has 1 fully saturated rings. The van der Waals surface area contributed by atoms with Gasteiger partial charge in [-0.1, -0.05) is 12.1 Å². The Morgan fingerprint density at radius 2 is 1.89 bits per heavy atom. The summed E-state index contributed by atoms with van der Waals surface area (Å²) in [6.07, 6.45) is -0.516. The van der Waals surface area contributed by atoms with Gasteiger partial charge in [-0.25, -0.2) is 9.69 Å². The lowest BCUT2D eigenvalue weighted by molar-refractivity contribution is -0.384. The van der Waals surface area contributed by atoms with Gasteiger partial charge in [0, 0.05) is 6.07 Å². The number of urea groups is 1. The Kier molecular flexibility index (Phi) is 2.76. The molecule has 1 heterocycles. The van der Waals surface area contributed by atoms with Gasteiger partial charge in [0.2, 0.25) is 11.8 Å². The number of anilines is 1. The molecule has 1 aromatic carbocycles. The van der Waals surface area contributed by atoms with E-state index in [-0.39, 0.29) is 11.4 Å². The molecule has 4 amide bonds. The Labute approximate surface area is 100 Å². The molecule has 0 spiro atoms. The molecule has 0 aromatic heterocycles. The highest BCUT2D eigenvalue weighted by molar-refractivity contribution is 6.26. The van der Waals surface area contributed by atoms with Crippen LogP contribution in [0.3, 0.4) is 0 Å². The fraction of sp³-hybridized carbons (Fsp3) is 0.100. The maximum Gasteiger partial charge on any atom is 0.335 e. The molecule has 1 aliphatic rings. The summed E-state index contributed by atoms with van der Waals surface area (Å²) in [7, 11) is 0. The maximum absolute atomic E-state index is 11.6. The Morgan fingerprint density at radius 3 is 2.50 bits per heavy atom. The SMILES string of the molecule is O=C1CC(=O)N(c2ccccc2[N+](=O)[O-])C(=O)N1. The summed E-state index contributed by atoms with van der Waals surface area (Å²) < 4.78 is 0. The Hall–Kier alpha value is -2.77. The number of imide groups is 2. The molecule has 0 aliphatic carbocycles. The van der Waals surface area contributed by atoms with Gasteiger partial charge in [0.25, 0.3) is 5.69 Å². The molecule has 1 aromatic rings. The molecule has 0 unspecified atom stereocenters. The summed E-state index contributed by atoms with van der Waals surface area (Å²) in [5.74, 6) is -1.52. The van der Waals surface area contributed by atoms with Crippen molar-refractivity contribution in [2.24, 2.45) is 0 Å². The highest BCUT2D eigenvalue weighted by Crippen LogP contribution is 2.29. The lowest BCUT2D eigenvalue weighted by atomic mass is 10.2. The fourth-order valence-electron chi connectivity index (χ4n) is 1.60. The van der Waals surface area contributed by atoms with E-state index in [9.17, 15) is 24.5 Å². The molecule has 92 valence electrons. The van der Waals surface area contributed by atoms with Crippen LogP contribution >= 0.6 is 0 Å². The quantitative estimate of drug-likeness (QED) is 0.468. The molecule has 1 aliphatic heterocycles. The molecule has 1 N–H and O–H groups in total. The highest BCUT2D eigenvalue weighted by atomic mass is 16.6. The van der Waals surface area contributed by atoms with E-state index in [1.54, 1.807) is 0 Å².